The van der Waals surface area contributed by atoms with Gasteiger partial charge in [0, 0.05) is 11.1 Å². The molecular weight excluding hydrogens is 428 g/mol. The molecule has 0 aliphatic heterocycles. The van der Waals surface area contributed by atoms with E-state index < -0.39 is 58.7 Å². The standard InChI is InChI=1S/C14H8F12O2/c1-2-6-3-7(9(27,11(15,16)17)12(18,19)20)5-8(4-6)10(28,13(21,22)23)14(24,25)26/h2-5,27-28H,1H2. The van der Waals surface area contributed by atoms with Crippen LogP contribution in [0, 0.1) is 0 Å². The van der Waals surface area contributed by atoms with E-state index in [0.717, 1.165) is 0 Å². The maximum absolute atomic E-state index is 12.9. The van der Waals surface area contributed by atoms with E-state index in [1.165, 1.54) is 0 Å². The van der Waals surface area contributed by atoms with Crippen molar-refractivity contribution in [2.75, 3.05) is 0 Å². The fraction of sp³-hybridized carbons (Fsp3) is 0.429. The number of alkyl halides is 12. The molecule has 0 saturated heterocycles. The average Bonchev–Trinajstić information content (AvgIpc) is 2.48. The second-order valence-corrected chi connectivity index (χ2v) is 5.46. The van der Waals surface area contributed by atoms with E-state index in [-0.39, 0.29) is 12.1 Å². The average molecular weight is 436 g/mol. The van der Waals surface area contributed by atoms with Gasteiger partial charge in [0.05, 0.1) is 0 Å². The van der Waals surface area contributed by atoms with Crippen LogP contribution < -0.4 is 0 Å². The van der Waals surface area contributed by atoms with E-state index in [2.05, 4.69) is 6.58 Å². The summed E-state index contributed by atoms with van der Waals surface area (Å²) in [6.45, 7) is 2.84. The van der Waals surface area contributed by atoms with Crippen LogP contribution in [0.25, 0.3) is 6.08 Å². The van der Waals surface area contributed by atoms with Crippen molar-refractivity contribution < 1.29 is 62.9 Å². The van der Waals surface area contributed by atoms with Crippen molar-refractivity contribution in [2.45, 2.75) is 35.9 Å². The Morgan fingerprint density at radius 2 is 0.821 bits per heavy atom. The SMILES string of the molecule is C=Cc1cc(C(O)(C(F)(F)F)C(F)(F)F)cc(C(O)(C(F)(F)F)C(F)(F)F)c1. The number of benzene rings is 1. The molecule has 2 N–H and O–H groups in total. The number of hydrogen-bond donors (Lipinski definition) is 2. The van der Waals surface area contributed by atoms with Crippen LogP contribution in [0.1, 0.15) is 16.7 Å². The molecule has 2 nitrogen and oxygen atoms in total. The van der Waals surface area contributed by atoms with E-state index in [4.69, 9.17) is 0 Å². The molecule has 0 amide bonds. The monoisotopic (exact) mass is 436 g/mol. The van der Waals surface area contributed by atoms with Crippen LogP contribution in [-0.4, -0.2) is 34.9 Å². The summed E-state index contributed by atoms with van der Waals surface area (Å²) in [7, 11) is 0. The van der Waals surface area contributed by atoms with Gasteiger partial charge in [-0.2, -0.15) is 52.7 Å². The molecule has 1 aromatic carbocycles. The highest BCUT2D eigenvalue weighted by molar-refractivity contribution is 5.53. The summed E-state index contributed by atoms with van der Waals surface area (Å²) in [6, 6.07) is -1.19. The number of hydrogen-bond acceptors (Lipinski definition) is 2. The van der Waals surface area contributed by atoms with E-state index >= 15 is 0 Å². The van der Waals surface area contributed by atoms with Gasteiger partial charge in [-0.05, 0) is 23.8 Å². The van der Waals surface area contributed by atoms with Gasteiger partial charge in [0.2, 0.25) is 0 Å². The van der Waals surface area contributed by atoms with Crippen LogP contribution in [0.15, 0.2) is 24.8 Å². The predicted octanol–water partition coefficient (Wildman–Crippen LogP) is 4.95. The molecule has 0 spiro atoms. The smallest absolute Gasteiger partial charge is 0.369 e. The summed E-state index contributed by atoms with van der Waals surface area (Å²) in [5, 5.41) is 18.5. The predicted molar refractivity (Wildman–Crippen MR) is 68.5 cm³/mol. The summed E-state index contributed by atoms with van der Waals surface area (Å²) >= 11 is 0. The van der Waals surface area contributed by atoms with Crippen LogP contribution in [0.4, 0.5) is 52.7 Å². The lowest BCUT2D eigenvalue weighted by Gasteiger charge is -2.36. The van der Waals surface area contributed by atoms with Gasteiger partial charge in [0.15, 0.2) is 0 Å². The van der Waals surface area contributed by atoms with Gasteiger partial charge in [-0.3, -0.25) is 0 Å². The molecule has 1 rings (SSSR count). The molecule has 28 heavy (non-hydrogen) atoms. The quantitative estimate of drug-likeness (QED) is 0.659. The van der Waals surface area contributed by atoms with E-state index in [1.54, 1.807) is 0 Å². The minimum absolute atomic E-state index is 0.162. The highest BCUT2D eigenvalue weighted by Crippen LogP contribution is 2.54. The highest BCUT2D eigenvalue weighted by atomic mass is 19.4. The number of aliphatic hydroxyl groups is 2. The molecule has 0 heterocycles. The van der Waals surface area contributed by atoms with Crippen LogP contribution >= 0.6 is 0 Å². The van der Waals surface area contributed by atoms with Crippen molar-refractivity contribution in [3.8, 4) is 0 Å². The van der Waals surface area contributed by atoms with Gasteiger partial charge in [-0.25, -0.2) is 0 Å². The summed E-state index contributed by atoms with van der Waals surface area (Å²) in [6.07, 6.45) is -26.0. The lowest BCUT2D eigenvalue weighted by atomic mass is 9.84. The Morgan fingerprint density at radius 3 is 1.00 bits per heavy atom. The minimum atomic E-state index is -6.59. The number of halogens is 12. The topological polar surface area (TPSA) is 40.5 Å². The third-order valence-corrected chi connectivity index (χ3v) is 3.67. The molecule has 0 bridgehead atoms. The summed E-state index contributed by atoms with van der Waals surface area (Å²) in [5.74, 6) is 0. The molecule has 0 unspecified atom stereocenters. The Morgan fingerprint density at radius 1 is 0.571 bits per heavy atom. The van der Waals surface area contributed by atoms with E-state index in [1.807, 2.05) is 0 Å². The molecule has 0 saturated carbocycles. The molecule has 0 radical (unpaired) electrons. The van der Waals surface area contributed by atoms with Crippen LogP contribution in [-0.2, 0) is 11.2 Å². The Labute approximate surface area is 147 Å². The highest BCUT2D eigenvalue weighted by Gasteiger charge is 2.74. The lowest BCUT2D eigenvalue weighted by molar-refractivity contribution is -0.378. The Bertz CT molecular complexity index is 654. The first-order valence-corrected chi connectivity index (χ1v) is 6.64. The molecule has 14 heteroatoms. The Kier molecular flexibility index (Phi) is 5.62. The Balaban J connectivity index is 4.04. The molecule has 0 aromatic heterocycles. The molecular formula is C14H8F12O2. The van der Waals surface area contributed by atoms with Gasteiger partial charge in [0.1, 0.15) is 0 Å². The summed E-state index contributed by atoms with van der Waals surface area (Å²) < 4.78 is 155. The van der Waals surface area contributed by atoms with Crippen molar-refractivity contribution >= 4 is 6.08 Å². The normalized spacial score (nSPS) is 14.9. The molecule has 1 aromatic rings. The maximum Gasteiger partial charge on any atom is 0.430 e. The molecule has 160 valence electrons. The fourth-order valence-corrected chi connectivity index (χ4v) is 2.16. The van der Waals surface area contributed by atoms with Gasteiger partial charge in [-0.1, -0.05) is 12.7 Å². The second kappa shape index (κ2) is 6.54. The zero-order valence-corrected chi connectivity index (χ0v) is 12.9. The van der Waals surface area contributed by atoms with E-state index in [9.17, 15) is 62.9 Å². The fourth-order valence-electron chi connectivity index (χ4n) is 2.16. The zero-order chi connectivity index (χ0) is 22.6. The molecule has 0 aliphatic carbocycles. The third-order valence-electron chi connectivity index (χ3n) is 3.67. The first-order chi connectivity index (χ1) is 12.1. The van der Waals surface area contributed by atoms with E-state index in [0.29, 0.717) is 6.08 Å². The third kappa shape index (κ3) is 3.54. The van der Waals surface area contributed by atoms with Crippen molar-refractivity contribution in [1.82, 2.24) is 0 Å². The molecule has 0 aliphatic rings. The van der Waals surface area contributed by atoms with Crippen LogP contribution in [0.2, 0.25) is 0 Å². The van der Waals surface area contributed by atoms with Gasteiger partial charge in [-0.15, -0.1) is 0 Å². The Hall–Kier alpha value is -1.96. The molecule has 0 fully saturated rings. The van der Waals surface area contributed by atoms with Crippen molar-refractivity contribution in [2.24, 2.45) is 0 Å². The van der Waals surface area contributed by atoms with Crippen molar-refractivity contribution in [3.63, 3.8) is 0 Å². The van der Waals surface area contributed by atoms with Gasteiger partial charge < -0.3 is 10.2 Å². The molecule has 0 atom stereocenters. The first kappa shape index (κ1) is 24.1. The zero-order valence-electron chi connectivity index (χ0n) is 12.9. The second-order valence-electron chi connectivity index (χ2n) is 5.46. The minimum Gasteiger partial charge on any atom is -0.369 e. The maximum atomic E-state index is 12.9. The lowest BCUT2D eigenvalue weighted by Crippen LogP contribution is -2.55. The number of rotatable bonds is 3. The first-order valence-electron chi connectivity index (χ1n) is 6.64. The van der Waals surface area contributed by atoms with Crippen molar-refractivity contribution in [3.05, 3.63) is 41.5 Å². The van der Waals surface area contributed by atoms with Crippen LogP contribution in [0.5, 0.6) is 0 Å². The van der Waals surface area contributed by atoms with Crippen LogP contribution in [0.3, 0.4) is 0 Å². The largest absolute Gasteiger partial charge is 0.430 e. The van der Waals surface area contributed by atoms with Gasteiger partial charge >= 0.3 is 24.7 Å². The summed E-state index contributed by atoms with van der Waals surface area (Å²) in [4.78, 5) is 0. The van der Waals surface area contributed by atoms with Gasteiger partial charge in [0.25, 0.3) is 11.2 Å². The summed E-state index contributed by atoms with van der Waals surface area (Å²) in [5.41, 5.74) is -17.6. The van der Waals surface area contributed by atoms with Crippen molar-refractivity contribution in [1.29, 1.82) is 0 Å².